The van der Waals surface area contributed by atoms with Gasteiger partial charge in [-0.2, -0.15) is 8.78 Å². The van der Waals surface area contributed by atoms with Crippen molar-refractivity contribution in [3.05, 3.63) is 23.8 Å². The SMILES string of the molecule is COc1cc(C(=O)OC(C)C(=O)N2CCN(C(C)=O)CC2)ccc1OC(F)F. The predicted molar refractivity (Wildman–Crippen MR) is 93.3 cm³/mol. The molecule has 2 rings (SSSR count). The summed E-state index contributed by atoms with van der Waals surface area (Å²) in [5, 5.41) is 0. The number of halogens is 2. The van der Waals surface area contributed by atoms with E-state index < -0.39 is 18.7 Å². The monoisotopic (exact) mass is 400 g/mol. The summed E-state index contributed by atoms with van der Waals surface area (Å²) in [4.78, 5) is 39.3. The quantitative estimate of drug-likeness (QED) is 0.674. The summed E-state index contributed by atoms with van der Waals surface area (Å²) in [6.45, 7) is 1.43. The molecule has 0 aliphatic carbocycles. The fourth-order valence-electron chi connectivity index (χ4n) is 2.77. The zero-order valence-electron chi connectivity index (χ0n) is 15.8. The minimum atomic E-state index is -3.03. The van der Waals surface area contributed by atoms with E-state index in [0.717, 1.165) is 6.07 Å². The Morgan fingerprint density at radius 2 is 1.64 bits per heavy atom. The highest BCUT2D eigenvalue weighted by Crippen LogP contribution is 2.29. The smallest absolute Gasteiger partial charge is 0.387 e. The van der Waals surface area contributed by atoms with E-state index in [4.69, 9.17) is 9.47 Å². The van der Waals surface area contributed by atoms with Gasteiger partial charge in [0.2, 0.25) is 5.91 Å². The predicted octanol–water partition coefficient (Wildman–Crippen LogP) is 1.53. The number of ether oxygens (including phenoxy) is 3. The van der Waals surface area contributed by atoms with Crippen molar-refractivity contribution >= 4 is 17.8 Å². The standard InChI is InChI=1S/C18H22F2N2O6/c1-11(16(24)22-8-6-21(7-9-22)12(2)23)27-17(25)13-4-5-14(28-18(19)20)15(10-13)26-3/h4-5,10-11,18H,6-9H2,1-3H3. The summed E-state index contributed by atoms with van der Waals surface area (Å²) in [5.74, 6) is -1.51. The summed E-state index contributed by atoms with van der Waals surface area (Å²) in [6.07, 6.45) is -1.04. The lowest BCUT2D eigenvalue weighted by Gasteiger charge is -2.35. The van der Waals surface area contributed by atoms with Crippen molar-refractivity contribution in [1.82, 2.24) is 9.80 Å². The largest absolute Gasteiger partial charge is 0.493 e. The summed E-state index contributed by atoms with van der Waals surface area (Å²) < 4.78 is 39.2. The molecule has 0 aromatic heterocycles. The molecule has 1 aromatic rings. The lowest BCUT2D eigenvalue weighted by Crippen LogP contribution is -2.52. The van der Waals surface area contributed by atoms with Crippen LogP contribution >= 0.6 is 0 Å². The molecule has 0 bridgehead atoms. The van der Waals surface area contributed by atoms with E-state index in [1.54, 1.807) is 4.90 Å². The molecular weight excluding hydrogens is 378 g/mol. The first-order valence-electron chi connectivity index (χ1n) is 8.61. The van der Waals surface area contributed by atoms with Crippen LogP contribution in [-0.2, 0) is 14.3 Å². The summed E-state index contributed by atoms with van der Waals surface area (Å²) in [7, 11) is 1.25. The third-order valence-electron chi connectivity index (χ3n) is 4.28. The maximum atomic E-state index is 12.5. The van der Waals surface area contributed by atoms with Gasteiger partial charge in [0, 0.05) is 33.1 Å². The first kappa shape index (κ1) is 21.4. The van der Waals surface area contributed by atoms with Crippen LogP contribution in [0.3, 0.4) is 0 Å². The molecule has 154 valence electrons. The lowest BCUT2D eigenvalue weighted by atomic mass is 10.2. The summed E-state index contributed by atoms with van der Waals surface area (Å²) in [6, 6.07) is 3.60. The van der Waals surface area contributed by atoms with Crippen LogP contribution in [0, 0.1) is 0 Å². The summed E-state index contributed by atoms with van der Waals surface area (Å²) in [5.41, 5.74) is 0.0273. The van der Waals surface area contributed by atoms with Crippen LogP contribution in [0.15, 0.2) is 18.2 Å². The van der Waals surface area contributed by atoms with Crippen LogP contribution in [0.1, 0.15) is 24.2 Å². The van der Waals surface area contributed by atoms with E-state index in [-0.39, 0.29) is 28.9 Å². The summed E-state index contributed by atoms with van der Waals surface area (Å²) >= 11 is 0. The number of methoxy groups -OCH3 is 1. The number of alkyl halides is 2. The van der Waals surface area contributed by atoms with Crippen molar-refractivity contribution in [2.24, 2.45) is 0 Å². The first-order valence-corrected chi connectivity index (χ1v) is 8.61. The van der Waals surface area contributed by atoms with Crippen molar-refractivity contribution in [2.45, 2.75) is 26.6 Å². The van der Waals surface area contributed by atoms with E-state index in [9.17, 15) is 23.2 Å². The second-order valence-corrected chi connectivity index (χ2v) is 6.12. The molecule has 8 nitrogen and oxygen atoms in total. The van der Waals surface area contributed by atoms with Gasteiger partial charge in [0.1, 0.15) is 0 Å². The Morgan fingerprint density at radius 3 is 2.18 bits per heavy atom. The number of hydrogen-bond donors (Lipinski definition) is 0. The van der Waals surface area contributed by atoms with Gasteiger partial charge in [0.05, 0.1) is 12.7 Å². The van der Waals surface area contributed by atoms with Crippen molar-refractivity contribution < 1.29 is 37.4 Å². The lowest BCUT2D eigenvalue weighted by molar-refractivity contribution is -0.144. The molecule has 28 heavy (non-hydrogen) atoms. The van der Waals surface area contributed by atoms with Gasteiger partial charge in [-0.05, 0) is 25.1 Å². The Bertz CT molecular complexity index is 735. The average molecular weight is 400 g/mol. The van der Waals surface area contributed by atoms with Crippen molar-refractivity contribution in [2.75, 3.05) is 33.3 Å². The highest BCUT2D eigenvalue weighted by Gasteiger charge is 2.28. The number of carbonyl (C=O) groups excluding carboxylic acids is 3. The molecule has 0 N–H and O–H groups in total. The Kier molecular flexibility index (Phi) is 7.13. The molecule has 10 heteroatoms. The molecule has 1 aliphatic heterocycles. The van der Waals surface area contributed by atoms with Gasteiger partial charge in [0.15, 0.2) is 17.6 Å². The van der Waals surface area contributed by atoms with Crippen molar-refractivity contribution in [3.8, 4) is 11.5 Å². The van der Waals surface area contributed by atoms with Crippen LogP contribution in [0.2, 0.25) is 0 Å². The van der Waals surface area contributed by atoms with Gasteiger partial charge < -0.3 is 24.0 Å². The number of benzene rings is 1. The van der Waals surface area contributed by atoms with E-state index in [1.165, 1.54) is 38.0 Å². The molecule has 1 saturated heterocycles. The van der Waals surface area contributed by atoms with Crippen LogP contribution < -0.4 is 9.47 Å². The molecule has 1 unspecified atom stereocenters. The van der Waals surface area contributed by atoms with Gasteiger partial charge in [-0.25, -0.2) is 4.79 Å². The Hall–Kier alpha value is -2.91. The molecule has 1 aromatic carbocycles. The zero-order valence-corrected chi connectivity index (χ0v) is 15.8. The van der Waals surface area contributed by atoms with Crippen LogP contribution in [-0.4, -0.2) is 73.6 Å². The molecule has 1 fully saturated rings. The first-order chi connectivity index (χ1) is 13.2. The van der Waals surface area contributed by atoms with E-state index in [2.05, 4.69) is 4.74 Å². The molecule has 1 aliphatic rings. The Morgan fingerprint density at radius 1 is 1.04 bits per heavy atom. The molecule has 1 heterocycles. The normalized spacial score (nSPS) is 15.2. The van der Waals surface area contributed by atoms with Crippen LogP contribution in [0.5, 0.6) is 11.5 Å². The number of carbonyl (C=O) groups is 3. The van der Waals surface area contributed by atoms with Gasteiger partial charge >= 0.3 is 12.6 Å². The highest BCUT2D eigenvalue weighted by atomic mass is 19.3. The Labute approximate surface area is 160 Å². The maximum absolute atomic E-state index is 12.5. The minimum absolute atomic E-state index is 0.0273. The molecule has 1 atom stereocenters. The van der Waals surface area contributed by atoms with E-state index in [0.29, 0.717) is 26.2 Å². The zero-order chi connectivity index (χ0) is 20.8. The van der Waals surface area contributed by atoms with E-state index >= 15 is 0 Å². The topological polar surface area (TPSA) is 85.4 Å². The second kappa shape index (κ2) is 9.34. The fraction of sp³-hybridized carbons (Fsp3) is 0.500. The van der Waals surface area contributed by atoms with Gasteiger partial charge in [0.25, 0.3) is 5.91 Å². The fourth-order valence-corrected chi connectivity index (χ4v) is 2.77. The molecule has 2 amide bonds. The minimum Gasteiger partial charge on any atom is -0.493 e. The number of hydrogen-bond acceptors (Lipinski definition) is 6. The van der Waals surface area contributed by atoms with E-state index in [1.807, 2.05) is 0 Å². The Balaban J connectivity index is 1.98. The number of nitrogens with zero attached hydrogens (tertiary/aromatic N) is 2. The molecule has 0 radical (unpaired) electrons. The maximum Gasteiger partial charge on any atom is 0.387 e. The van der Waals surface area contributed by atoms with Crippen LogP contribution in [0.4, 0.5) is 8.78 Å². The number of esters is 1. The van der Waals surface area contributed by atoms with Gasteiger partial charge in [-0.3, -0.25) is 9.59 Å². The van der Waals surface area contributed by atoms with Gasteiger partial charge in [-0.15, -0.1) is 0 Å². The van der Waals surface area contributed by atoms with Crippen molar-refractivity contribution in [3.63, 3.8) is 0 Å². The van der Waals surface area contributed by atoms with Crippen molar-refractivity contribution in [1.29, 1.82) is 0 Å². The van der Waals surface area contributed by atoms with Gasteiger partial charge in [-0.1, -0.05) is 0 Å². The molecule has 0 spiro atoms. The third-order valence-corrected chi connectivity index (χ3v) is 4.28. The average Bonchev–Trinajstić information content (AvgIpc) is 2.67. The van der Waals surface area contributed by atoms with Crippen LogP contribution in [0.25, 0.3) is 0 Å². The second-order valence-electron chi connectivity index (χ2n) is 6.12. The number of rotatable bonds is 6. The number of piperazine rings is 1. The number of amides is 2. The highest BCUT2D eigenvalue weighted by molar-refractivity contribution is 5.93. The molecule has 0 saturated carbocycles. The molecular formula is C18H22F2N2O6. The third kappa shape index (κ3) is 5.30.